The highest BCUT2D eigenvalue weighted by Crippen LogP contribution is 2.17. The van der Waals surface area contributed by atoms with Gasteiger partial charge in [-0.1, -0.05) is 30.3 Å². The minimum absolute atomic E-state index is 0.0601. The fourth-order valence-electron chi connectivity index (χ4n) is 2.19. The summed E-state index contributed by atoms with van der Waals surface area (Å²) in [5.41, 5.74) is 0.845. The third kappa shape index (κ3) is 5.93. The average Bonchev–Trinajstić information content (AvgIpc) is 2.62. The summed E-state index contributed by atoms with van der Waals surface area (Å²) in [4.78, 5) is 11.8. The Morgan fingerprint density at radius 2 is 1.67 bits per heavy atom. The topological polar surface area (TPSA) is 67.8 Å². The van der Waals surface area contributed by atoms with Gasteiger partial charge in [0.05, 0.1) is 12.7 Å². The largest absolute Gasteiger partial charge is 0.494 e. The molecule has 128 valence electrons. The van der Waals surface area contributed by atoms with Crippen LogP contribution in [0.25, 0.3) is 0 Å². The molecule has 5 nitrogen and oxygen atoms in total. The van der Waals surface area contributed by atoms with Gasteiger partial charge in [0.1, 0.15) is 11.5 Å². The summed E-state index contributed by atoms with van der Waals surface area (Å²) in [7, 11) is 0. The van der Waals surface area contributed by atoms with Crippen LogP contribution in [0.5, 0.6) is 11.5 Å². The van der Waals surface area contributed by atoms with Gasteiger partial charge in [-0.15, -0.1) is 0 Å². The zero-order valence-corrected chi connectivity index (χ0v) is 13.8. The average molecular weight is 329 g/mol. The van der Waals surface area contributed by atoms with Crippen molar-refractivity contribution in [2.45, 2.75) is 19.4 Å². The van der Waals surface area contributed by atoms with Crippen LogP contribution in [0, 0.1) is 0 Å². The maximum atomic E-state index is 11.8. The van der Waals surface area contributed by atoms with E-state index >= 15 is 0 Å². The summed E-state index contributed by atoms with van der Waals surface area (Å²) in [5, 5.41) is 12.8. The van der Waals surface area contributed by atoms with E-state index in [2.05, 4.69) is 5.32 Å². The Balaban J connectivity index is 1.66. The van der Waals surface area contributed by atoms with Crippen molar-refractivity contribution in [2.24, 2.45) is 0 Å². The number of hydrogen-bond donors (Lipinski definition) is 2. The van der Waals surface area contributed by atoms with E-state index in [0.717, 1.165) is 11.3 Å². The van der Waals surface area contributed by atoms with Crippen molar-refractivity contribution in [2.75, 3.05) is 19.8 Å². The normalized spacial score (nSPS) is 11.6. The number of rotatable bonds is 9. The van der Waals surface area contributed by atoms with Crippen LogP contribution in [-0.2, 0) is 4.79 Å². The van der Waals surface area contributed by atoms with Crippen LogP contribution in [0.4, 0.5) is 0 Å². The Hall–Kier alpha value is -2.53. The standard InChI is InChI=1S/C19H23NO4/c1-2-23-16-8-10-17(11-9-16)24-14-19(22)20-13-12-18(21)15-6-4-3-5-7-15/h3-11,18,21H,2,12-14H2,1H3,(H,20,22). The minimum Gasteiger partial charge on any atom is -0.494 e. The molecule has 0 fully saturated rings. The summed E-state index contributed by atoms with van der Waals surface area (Å²) < 4.78 is 10.8. The molecule has 2 N–H and O–H groups in total. The van der Waals surface area contributed by atoms with Gasteiger partial charge < -0.3 is 19.9 Å². The highest BCUT2D eigenvalue weighted by molar-refractivity contribution is 5.77. The number of nitrogens with one attached hydrogen (secondary N) is 1. The first-order valence-corrected chi connectivity index (χ1v) is 8.04. The predicted molar refractivity (Wildman–Crippen MR) is 92.1 cm³/mol. The molecule has 0 bridgehead atoms. The van der Waals surface area contributed by atoms with Gasteiger partial charge in [0.15, 0.2) is 6.61 Å². The molecule has 0 saturated carbocycles. The van der Waals surface area contributed by atoms with Gasteiger partial charge in [-0.3, -0.25) is 4.79 Å². The number of ether oxygens (including phenoxy) is 2. The highest BCUT2D eigenvalue weighted by atomic mass is 16.5. The second kappa shape index (κ2) is 9.57. The van der Waals surface area contributed by atoms with Gasteiger partial charge in [-0.25, -0.2) is 0 Å². The van der Waals surface area contributed by atoms with Crippen LogP contribution in [-0.4, -0.2) is 30.8 Å². The van der Waals surface area contributed by atoms with Gasteiger partial charge in [-0.2, -0.15) is 0 Å². The number of amides is 1. The Morgan fingerprint density at radius 1 is 1.04 bits per heavy atom. The van der Waals surface area contributed by atoms with Gasteiger partial charge >= 0.3 is 0 Å². The molecule has 0 aliphatic heterocycles. The SMILES string of the molecule is CCOc1ccc(OCC(=O)NCCC(O)c2ccccc2)cc1. The molecule has 2 aromatic carbocycles. The second-order valence-corrected chi connectivity index (χ2v) is 5.26. The van der Waals surface area contributed by atoms with Crippen LogP contribution in [0.15, 0.2) is 54.6 Å². The van der Waals surface area contributed by atoms with Crippen molar-refractivity contribution >= 4 is 5.91 Å². The lowest BCUT2D eigenvalue weighted by molar-refractivity contribution is -0.123. The third-order valence-corrected chi connectivity index (χ3v) is 3.43. The van der Waals surface area contributed by atoms with Crippen LogP contribution < -0.4 is 14.8 Å². The molecule has 0 aromatic heterocycles. The molecule has 0 spiro atoms. The zero-order valence-electron chi connectivity index (χ0n) is 13.8. The smallest absolute Gasteiger partial charge is 0.257 e. The van der Waals surface area contributed by atoms with Gasteiger partial charge in [0.25, 0.3) is 5.91 Å². The molecule has 1 amide bonds. The molecule has 2 rings (SSSR count). The van der Waals surface area contributed by atoms with Crippen molar-refractivity contribution < 1.29 is 19.4 Å². The van der Waals surface area contributed by atoms with E-state index in [4.69, 9.17) is 9.47 Å². The van der Waals surface area contributed by atoms with Crippen molar-refractivity contribution in [3.05, 3.63) is 60.2 Å². The molecular formula is C19H23NO4. The van der Waals surface area contributed by atoms with Crippen molar-refractivity contribution in [1.29, 1.82) is 0 Å². The van der Waals surface area contributed by atoms with Crippen LogP contribution in [0.3, 0.4) is 0 Å². The van der Waals surface area contributed by atoms with Crippen molar-refractivity contribution in [3.63, 3.8) is 0 Å². The molecule has 0 aliphatic carbocycles. The molecule has 0 saturated heterocycles. The van der Waals surface area contributed by atoms with Crippen molar-refractivity contribution in [3.8, 4) is 11.5 Å². The van der Waals surface area contributed by atoms with Gasteiger partial charge in [0.2, 0.25) is 0 Å². The zero-order chi connectivity index (χ0) is 17.2. The monoisotopic (exact) mass is 329 g/mol. The van der Waals surface area contributed by atoms with E-state index in [0.29, 0.717) is 25.3 Å². The number of aliphatic hydroxyl groups is 1. The molecular weight excluding hydrogens is 306 g/mol. The Morgan fingerprint density at radius 3 is 2.29 bits per heavy atom. The van der Waals surface area contributed by atoms with Crippen LogP contribution in [0.1, 0.15) is 25.0 Å². The van der Waals surface area contributed by atoms with E-state index in [1.807, 2.05) is 37.3 Å². The first-order valence-electron chi connectivity index (χ1n) is 8.04. The summed E-state index contributed by atoms with van der Waals surface area (Å²) in [6.45, 7) is 2.86. The summed E-state index contributed by atoms with van der Waals surface area (Å²) >= 11 is 0. The number of carbonyl (C=O) groups is 1. The lowest BCUT2D eigenvalue weighted by atomic mass is 10.1. The van der Waals surface area contributed by atoms with E-state index in [1.165, 1.54) is 0 Å². The summed E-state index contributed by atoms with van der Waals surface area (Å²) in [6.07, 6.45) is -0.128. The molecule has 5 heteroatoms. The lowest BCUT2D eigenvalue weighted by Crippen LogP contribution is -2.30. The van der Waals surface area contributed by atoms with Gasteiger partial charge in [-0.05, 0) is 43.2 Å². The minimum atomic E-state index is -0.585. The van der Waals surface area contributed by atoms with Crippen LogP contribution >= 0.6 is 0 Å². The fraction of sp³-hybridized carbons (Fsp3) is 0.316. The Bertz CT molecular complexity index is 613. The Labute approximate surface area is 142 Å². The number of carbonyl (C=O) groups excluding carboxylic acids is 1. The lowest BCUT2D eigenvalue weighted by Gasteiger charge is -2.12. The van der Waals surface area contributed by atoms with Crippen molar-refractivity contribution in [1.82, 2.24) is 5.32 Å². The van der Waals surface area contributed by atoms with E-state index in [1.54, 1.807) is 24.3 Å². The maximum absolute atomic E-state index is 11.8. The molecule has 1 atom stereocenters. The predicted octanol–water partition coefficient (Wildman–Crippen LogP) is 2.70. The maximum Gasteiger partial charge on any atom is 0.257 e. The fourth-order valence-corrected chi connectivity index (χ4v) is 2.19. The summed E-state index contributed by atoms with van der Waals surface area (Å²) in [5.74, 6) is 1.16. The van der Waals surface area contributed by atoms with E-state index in [9.17, 15) is 9.90 Å². The summed E-state index contributed by atoms with van der Waals surface area (Å²) in [6, 6.07) is 16.5. The Kier molecular flexibility index (Phi) is 7.11. The molecule has 0 radical (unpaired) electrons. The third-order valence-electron chi connectivity index (χ3n) is 3.43. The van der Waals surface area contributed by atoms with E-state index < -0.39 is 6.10 Å². The quantitative estimate of drug-likeness (QED) is 0.742. The van der Waals surface area contributed by atoms with Crippen LogP contribution in [0.2, 0.25) is 0 Å². The van der Waals surface area contributed by atoms with Gasteiger partial charge in [0, 0.05) is 6.54 Å². The number of benzene rings is 2. The number of aliphatic hydroxyl groups excluding tert-OH is 1. The first-order chi connectivity index (χ1) is 11.7. The molecule has 1 unspecified atom stereocenters. The second-order valence-electron chi connectivity index (χ2n) is 5.26. The molecule has 2 aromatic rings. The molecule has 0 heterocycles. The van der Waals surface area contributed by atoms with E-state index in [-0.39, 0.29) is 12.5 Å². The molecule has 0 aliphatic rings. The highest BCUT2D eigenvalue weighted by Gasteiger charge is 2.08. The molecule has 24 heavy (non-hydrogen) atoms. The number of hydrogen-bond acceptors (Lipinski definition) is 4. The first kappa shape index (κ1) is 17.8.